The smallest absolute Gasteiger partial charge is 0.335 e. The second-order valence-corrected chi connectivity index (χ2v) is 23.4. The molecule has 1 unspecified atom stereocenters. The molecule has 376 valence electrons. The second kappa shape index (κ2) is 17.5. The van der Waals surface area contributed by atoms with Gasteiger partial charge in [0, 0.05) is 17.3 Å². The number of ether oxygens (including phenoxy) is 6. The number of carbonyl (C=O) groups excluding carboxylic acids is 1. The molecular formula is C48H76O18. The van der Waals surface area contributed by atoms with E-state index in [2.05, 4.69) is 47.6 Å². The van der Waals surface area contributed by atoms with Crippen molar-refractivity contribution in [3.63, 3.8) is 0 Å². The molecule has 0 spiro atoms. The number of aliphatic carboxylic acids is 1. The third kappa shape index (κ3) is 7.70. The van der Waals surface area contributed by atoms with Gasteiger partial charge in [-0.05, 0) is 97.7 Å². The first-order valence-electron chi connectivity index (χ1n) is 24.1. The van der Waals surface area contributed by atoms with Crippen molar-refractivity contribution in [2.75, 3.05) is 13.2 Å². The number of ketones is 1. The van der Waals surface area contributed by atoms with Crippen LogP contribution in [0.25, 0.3) is 0 Å². The third-order valence-corrected chi connectivity index (χ3v) is 19.2. The Hall–Kier alpha value is -1.72. The zero-order valence-electron chi connectivity index (χ0n) is 39.6. The minimum Gasteiger partial charge on any atom is -0.479 e. The topological polar surface area (TPSA) is 292 Å². The summed E-state index contributed by atoms with van der Waals surface area (Å²) in [6.45, 7) is 16.0. The van der Waals surface area contributed by atoms with E-state index in [0.29, 0.717) is 25.0 Å². The quantitative estimate of drug-likeness (QED) is 0.114. The van der Waals surface area contributed by atoms with E-state index >= 15 is 0 Å². The van der Waals surface area contributed by atoms with Crippen LogP contribution in [-0.4, -0.2) is 174 Å². The summed E-state index contributed by atoms with van der Waals surface area (Å²) in [4.78, 5) is 26.3. The Bertz CT molecular complexity index is 1860. The average Bonchev–Trinajstić information content (AvgIpc) is 3.25. The summed E-state index contributed by atoms with van der Waals surface area (Å²) in [5.41, 5.74) is -0.509. The normalized spacial score (nSPS) is 54.8. The van der Waals surface area contributed by atoms with E-state index < -0.39 is 116 Å². The van der Waals surface area contributed by atoms with Crippen LogP contribution in [0.5, 0.6) is 0 Å². The maximum Gasteiger partial charge on any atom is 0.335 e. The monoisotopic (exact) mass is 941 g/mol. The molecule has 24 atom stereocenters. The van der Waals surface area contributed by atoms with Crippen LogP contribution < -0.4 is 0 Å². The number of rotatable bonds is 9. The molecule has 3 saturated heterocycles. The molecule has 0 aromatic carbocycles. The Morgan fingerprint density at radius 3 is 1.98 bits per heavy atom. The summed E-state index contributed by atoms with van der Waals surface area (Å²) in [5.74, 6) is -0.928. The van der Waals surface area contributed by atoms with Gasteiger partial charge in [0.25, 0.3) is 0 Å². The van der Waals surface area contributed by atoms with Crippen LogP contribution in [0.2, 0.25) is 0 Å². The lowest BCUT2D eigenvalue weighted by atomic mass is 9.33. The van der Waals surface area contributed by atoms with Crippen molar-refractivity contribution in [1.82, 2.24) is 0 Å². The van der Waals surface area contributed by atoms with Gasteiger partial charge in [-0.1, -0.05) is 60.1 Å². The molecule has 66 heavy (non-hydrogen) atoms. The summed E-state index contributed by atoms with van der Waals surface area (Å²) in [5, 5.41) is 108. The van der Waals surface area contributed by atoms with E-state index in [0.717, 1.165) is 38.5 Å². The van der Waals surface area contributed by atoms with E-state index in [-0.39, 0.29) is 51.4 Å². The zero-order valence-corrected chi connectivity index (χ0v) is 39.6. The predicted molar refractivity (Wildman–Crippen MR) is 230 cm³/mol. The van der Waals surface area contributed by atoms with E-state index in [1.54, 1.807) is 0 Å². The van der Waals surface area contributed by atoms with Crippen molar-refractivity contribution in [1.29, 1.82) is 0 Å². The molecule has 8 rings (SSSR count). The largest absolute Gasteiger partial charge is 0.479 e. The minimum atomic E-state index is -2.07. The second-order valence-electron chi connectivity index (χ2n) is 23.4. The molecule has 10 N–H and O–H groups in total. The van der Waals surface area contributed by atoms with E-state index in [4.69, 9.17) is 28.4 Å². The summed E-state index contributed by atoms with van der Waals surface area (Å²) < 4.78 is 36.2. The maximum atomic E-state index is 13.8. The van der Waals surface area contributed by atoms with Gasteiger partial charge in [0.1, 0.15) is 66.8 Å². The molecule has 5 aliphatic carbocycles. The number of hydrogen-bond acceptors (Lipinski definition) is 17. The molecule has 3 aliphatic heterocycles. The Morgan fingerprint density at radius 1 is 0.712 bits per heavy atom. The van der Waals surface area contributed by atoms with Gasteiger partial charge in [-0.2, -0.15) is 0 Å². The van der Waals surface area contributed by atoms with Gasteiger partial charge in [-0.25, -0.2) is 4.79 Å². The summed E-state index contributed by atoms with van der Waals surface area (Å²) in [7, 11) is 0. The maximum absolute atomic E-state index is 13.8. The molecule has 4 saturated carbocycles. The number of fused-ring (bicyclic) bond motifs is 7. The fourth-order valence-electron chi connectivity index (χ4n) is 14.9. The number of carboxylic acids is 1. The predicted octanol–water partition coefficient (Wildman–Crippen LogP) is 0.913. The van der Waals surface area contributed by atoms with Crippen molar-refractivity contribution in [3.8, 4) is 0 Å². The van der Waals surface area contributed by atoms with E-state index in [1.165, 1.54) is 12.5 Å². The molecule has 3 heterocycles. The Kier molecular flexibility index (Phi) is 13.5. The number of Topliss-reactive ketones (excluding diaryl/α,β-unsaturated/α-hetero) is 1. The lowest BCUT2D eigenvalue weighted by molar-refractivity contribution is -0.396. The van der Waals surface area contributed by atoms with Crippen molar-refractivity contribution in [2.24, 2.45) is 50.2 Å². The highest BCUT2D eigenvalue weighted by Crippen LogP contribution is 2.75. The molecule has 0 bridgehead atoms. The zero-order chi connectivity index (χ0) is 48.4. The van der Waals surface area contributed by atoms with Gasteiger partial charge in [-0.15, -0.1) is 0 Å². The van der Waals surface area contributed by atoms with Gasteiger partial charge in [0.05, 0.1) is 25.4 Å². The van der Waals surface area contributed by atoms with Crippen LogP contribution in [0.1, 0.15) is 113 Å². The average molecular weight is 941 g/mol. The number of carboxylic acid groups (broad SMARTS) is 1. The highest BCUT2D eigenvalue weighted by Gasteiger charge is 2.70. The Labute approximate surface area is 386 Å². The van der Waals surface area contributed by atoms with Gasteiger partial charge in [-0.3, -0.25) is 4.79 Å². The molecule has 18 heteroatoms. The Balaban J connectivity index is 1.08. The van der Waals surface area contributed by atoms with Crippen LogP contribution in [0.4, 0.5) is 0 Å². The van der Waals surface area contributed by atoms with Crippen LogP contribution in [0.3, 0.4) is 0 Å². The molecule has 7 fully saturated rings. The summed E-state index contributed by atoms with van der Waals surface area (Å²) in [6, 6.07) is 0. The standard InChI is InChI=1S/C48H76O18/c1-21-29(52)31(54)35(58)40(61-21)65-37-32(55)30(53)24(19-49)62-41(37)66-38-34(57)33(56)36(39(59)60)64-42(38)63-28-12-13-45(5)25(46(28,6)20-50)11-14-48(8)26(45)10-9-22-23-17-43(2,3)18-27(51)44(23,4)15-16-47(22,48)7/h9,21,23-26,28-38,40-42,49-50,52-58H,10-20H2,1-8H3,(H,59,60)/t21-,23?,24+,25+,26+,28-,29-,30-,31+,32-,33-,34-,35+,36-,37+,38+,40-,41-,42+,44+,45-,46+,47+,48+/m0/s1. The number of hydrogen-bond donors (Lipinski definition) is 10. The molecule has 0 radical (unpaired) electrons. The van der Waals surface area contributed by atoms with Crippen molar-refractivity contribution < 1.29 is 89.1 Å². The molecular weight excluding hydrogens is 865 g/mol. The lowest BCUT2D eigenvalue weighted by Gasteiger charge is -2.71. The minimum absolute atomic E-state index is 0.0830. The fourth-order valence-corrected chi connectivity index (χ4v) is 14.9. The molecule has 8 aliphatic rings. The summed E-state index contributed by atoms with van der Waals surface area (Å²) in [6.07, 6.45) is -17.8. The number of aliphatic hydroxyl groups excluding tert-OH is 9. The van der Waals surface area contributed by atoms with Gasteiger partial charge >= 0.3 is 5.97 Å². The number of carbonyl (C=O) groups is 2. The van der Waals surface area contributed by atoms with Gasteiger partial charge in [0.2, 0.25) is 0 Å². The first kappa shape index (κ1) is 50.7. The first-order chi connectivity index (χ1) is 30.7. The van der Waals surface area contributed by atoms with Crippen LogP contribution in [0.15, 0.2) is 11.6 Å². The SMILES string of the molecule is C[C@@H]1O[C@@H](O[C@H]2[C@H](O[C@H]3[C@H](O[C@H]4CC[C@@]5(C)[C@@H](CC[C@]6(C)[C@@H]5CC=C5C7CC(C)(C)CC(=O)[C@]7(C)CC[C@]56C)[C@@]4(C)CO)O[C@H](C(=O)O)[C@@H](O)[C@@H]3O)O[C@H](CO)[C@H](O)[C@@H]2O)[C@H](O)[C@H](O)[C@H]1O. The number of aliphatic hydroxyl groups is 9. The molecule has 18 nitrogen and oxygen atoms in total. The Morgan fingerprint density at radius 2 is 1.35 bits per heavy atom. The van der Waals surface area contributed by atoms with Crippen LogP contribution >= 0.6 is 0 Å². The van der Waals surface area contributed by atoms with Gasteiger partial charge in [0.15, 0.2) is 25.0 Å². The molecule has 0 amide bonds. The third-order valence-electron chi connectivity index (χ3n) is 19.2. The lowest BCUT2D eigenvalue weighted by Crippen LogP contribution is -2.68. The van der Waals surface area contributed by atoms with Crippen molar-refractivity contribution in [3.05, 3.63) is 11.6 Å². The molecule has 0 aromatic heterocycles. The van der Waals surface area contributed by atoms with Crippen molar-refractivity contribution >= 4 is 11.8 Å². The summed E-state index contributed by atoms with van der Waals surface area (Å²) >= 11 is 0. The van der Waals surface area contributed by atoms with Crippen LogP contribution in [-0.2, 0) is 38.0 Å². The van der Waals surface area contributed by atoms with Crippen molar-refractivity contribution in [2.45, 2.75) is 211 Å². The highest BCUT2D eigenvalue weighted by atomic mass is 16.8. The first-order valence-corrected chi connectivity index (χ1v) is 24.1. The highest BCUT2D eigenvalue weighted by molar-refractivity contribution is 5.87. The fraction of sp³-hybridized carbons (Fsp3) is 0.917. The molecule has 0 aromatic rings. The number of allylic oxidation sites excluding steroid dienone is 2. The van der Waals surface area contributed by atoms with E-state index in [1.807, 2.05) is 6.92 Å². The van der Waals surface area contributed by atoms with Crippen LogP contribution in [0, 0.1) is 50.2 Å². The van der Waals surface area contributed by atoms with Gasteiger partial charge < -0.3 is 79.5 Å². The van der Waals surface area contributed by atoms with E-state index in [9.17, 15) is 60.7 Å².